The number of thiophene rings is 1. The molecule has 0 aliphatic heterocycles. The van der Waals surface area contributed by atoms with Crippen LogP contribution in [0.2, 0.25) is 5.02 Å². The second kappa shape index (κ2) is 7.49. The number of hydrogen-bond donors (Lipinski definition) is 2. The molecule has 0 bridgehead atoms. The normalized spacial score (nSPS) is 10.9. The Hall–Kier alpha value is -2.35. The highest BCUT2D eigenvalue weighted by atomic mass is 35.5. The maximum atomic E-state index is 12.8. The lowest BCUT2D eigenvalue weighted by Gasteiger charge is -2.09. The lowest BCUT2D eigenvalue weighted by atomic mass is 10.1. The molecule has 2 heterocycles. The molecule has 0 radical (unpaired) electrons. The van der Waals surface area contributed by atoms with Gasteiger partial charge in [0.2, 0.25) is 0 Å². The second-order valence-electron chi connectivity index (χ2n) is 5.68. The quantitative estimate of drug-likeness (QED) is 0.679. The van der Waals surface area contributed by atoms with Crippen LogP contribution in [-0.4, -0.2) is 25.1 Å². The maximum absolute atomic E-state index is 12.8. The molecule has 0 aliphatic carbocycles. The van der Waals surface area contributed by atoms with Crippen LogP contribution < -0.4 is 15.8 Å². The standard InChI is InChI=1S/C18H18ClN3O3S/c1-9-6-10(8-24-2)14-15(20)16(26-18(14)21-9)17(23)22-13-7-11(25-3)4-5-12(13)19/h4-7H,8,20H2,1-3H3,(H,22,23). The number of pyridine rings is 1. The molecule has 1 amide bonds. The molecule has 0 saturated heterocycles. The number of ether oxygens (including phenoxy) is 2. The van der Waals surface area contributed by atoms with E-state index in [0.29, 0.717) is 38.5 Å². The molecule has 6 nitrogen and oxygen atoms in total. The molecular weight excluding hydrogens is 374 g/mol. The number of fused-ring (bicyclic) bond motifs is 1. The molecule has 3 rings (SSSR count). The van der Waals surface area contributed by atoms with Gasteiger partial charge < -0.3 is 20.5 Å². The van der Waals surface area contributed by atoms with Crippen molar-refractivity contribution in [1.82, 2.24) is 4.98 Å². The Balaban J connectivity index is 2.01. The Morgan fingerprint density at radius 1 is 1.35 bits per heavy atom. The van der Waals surface area contributed by atoms with E-state index in [2.05, 4.69) is 10.3 Å². The van der Waals surface area contributed by atoms with E-state index >= 15 is 0 Å². The average molecular weight is 392 g/mol. The molecule has 26 heavy (non-hydrogen) atoms. The number of rotatable bonds is 5. The van der Waals surface area contributed by atoms with Crippen molar-refractivity contribution >= 4 is 50.4 Å². The zero-order chi connectivity index (χ0) is 18.8. The van der Waals surface area contributed by atoms with Gasteiger partial charge in [0.25, 0.3) is 5.91 Å². The number of hydrogen-bond acceptors (Lipinski definition) is 6. The molecule has 0 aliphatic rings. The van der Waals surface area contributed by atoms with E-state index in [1.54, 1.807) is 32.4 Å². The van der Waals surface area contributed by atoms with Crippen LogP contribution in [0.4, 0.5) is 11.4 Å². The number of nitrogens with one attached hydrogen (secondary N) is 1. The molecule has 3 N–H and O–H groups in total. The average Bonchev–Trinajstić information content (AvgIpc) is 2.93. The van der Waals surface area contributed by atoms with Crippen molar-refractivity contribution in [2.45, 2.75) is 13.5 Å². The van der Waals surface area contributed by atoms with Gasteiger partial charge in [0.1, 0.15) is 15.5 Å². The summed E-state index contributed by atoms with van der Waals surface area (Å²) in [7, 11) is 3.16. The minimum Gasteiger partial charge on any atom is -0.497 e. The highest BCUT2D eigenvalue weighted by Gasteiger charge is 2.21. The fourth-order valence-corrected chi connectivity index (χ4v) is 3.93. The summed E-state index contributed by atoms with van der Waals surface area (Å²) in [6.45, 7) is 2.29. The molecular formula is C18H18ClN3O3S. The maximum Gasteiger partial charge on any atom is 0.267 e. The minimum atomic E-state index is -0.346. The van der Waals surface area contributed by atoms with Crippen molar-refractivity contribution in [1.29, 1.82) is 0 Å². The zero-order valence-electron chi connectivity index (χ0n) is 14.6. The molecule has 2 aromatic heterocycles. The summed E-state index contributed by atoms with van der Waals surface area (Å²) in [5, 5.41) is 3.95. The smallest absolute Gasteiger partial charge is 0.267 e. The number of carbonyl (C=O) groups is 1. The summed E-state index contributed by atoms with van der Waals surface area (Å²) >= 11 is 7.41. The SMILES string of the molecule is COCc1cc(C)nc2sc(C(=O)Nc3cc(OC)ccc3Cl)c(N)c12. The van der Waals surface area contributed by atoms with Crippen LogP contribution in [-0.2, 0) is 11.3 Å². The van der Waals surface area contributed by atoms with E-state index in [0.717, 1.165) is 16.6 Å². The molecule has 0 unspecified atom stereocenters. The van der Waals surface area contributed by atoms with Gasteiger partial charge >= 0.3 is 0 Å². The lowest BCUT2D eigenvalue weighted by Crippen LogP contribution is -2.12. The molecule has 0 atom stereocenters. The van der Waals surface area contributed by atoms with Gasteiger partial charge in [-0.3, -0.25) is 4.79 Å². The summed E-state index contributed by atoms with van der Waals surface area (Å²) in [4.78, 5) is 18.4. The van der Waals surface area contributed by atoms with Crippen molar-refractivity contribution in [3.8, 4) is 5.75 Å². The van der Waals surface area contributed by atoms with E-state index < -0.39 is 0 Å². The Kier molecular flexibility index (Phi) is 5.31. The first-order valence-corrected chi connectivity index (χ1v) is 8.96. The molecule has 0 spiro atoms. The van der Waals surface area contributed by atoms with Crippen LogP contribution in [0.15, 0.2) is 24.3 Å². The van der Waals surface area contributed by atoms with E-state index in [9.17, 15) is 4.79 Å². The fraction of sp³-hybridized carbons (Fsp3) is 0.222. The van der Waals surface area contributed by atoms with E-state index in [1.807, 2.05) is 13.0 Å². The highest BCUT2D eigenvalue weighted by molar-refractivity contribution is 7.21. The number of nitrogens with two attached hydrogens (primary N) is 1. The third-order valence-corrected chi connectivity index (χ3v) is 5.26. The van der Waals surface area contributed by atoms with Crippen LogP contribution in [0.5, 0.6) is 5.75 Å². The third-order valence-electron chi connectivity index (χ3n) is 3.84. The number of aromatic nitrogens is 1. The molecule has 1 aromatic carbocycles. The van der Waals surface area contributed by atoms with Crippen molar-refractivity contribution in [2.24, 2.45) is 0 Å². The number of carbonyl (C=O) groups excluding carboxylic acids is 1. The highest BCUT2D eigenvalue weighted by Crippen LogP contribution is 2.36. The van der Waals surface area contributed by atoms with Gasteiger partial charge in [0, 0.05) is 24.3 Å². The first-order chi connectivity index (χ1) is 12.4. The Morgan fingerprint density at radius 2 is 2.12 bits per heavy atom. The summed E-state index contributed by atoms with van der Waals surface area (Å²) in [6.07, 6.45) is 0. The summed E-state index contributed by atoms with van der Waals surface area (Å²) < 4.78 is 10.4. The predicted octanol–water partition coefficient (Wildman–Crippen LogP) is 4.25. The molecule has 3 aromatic rings. The van der Waals surface area contributed by atoms with E-state index in [4.69, 9.17) is 26.8 Å². The van der Waals surface area contributed by atoms with Crippen LogP contribution in [0.3, 0.4) is 0 Å². The summed E-state index contributed by atoms with van der Waals surface area (Å²) in [5.74, 6) is 0.246. The van der Waals surface area contributed by atoms with Gasteiger partial charge in [-0.05, 0) is 30.7 Å². The fourth-order valence-electron chi connectivity index (χ4n) is 2.68. The summed E-state index contributed by atoms with van der Waals surface area (Å²) in [5.41, 5.74) is 8.85. The topological polar surface area (TPSA) is 86.5 Å². The molecule has 136 valence electrons. The van der Waals surface area contributed by atoms with Crippen molar-refractivity contribution in [3.05, 3.63) is 45.4 Å². The van der Waals surface area contributed by atoms with Crippen LogP contribution in [0, 0.1) is 6.92 Å². The predicted molar refractivity (Wildman–Crippen MR) is 105 cm³/mol. The number of methoxy groups -OCH3 is 2. The monoisotopic (exact) mass is 391 g/mol. The van der Waals surface area contributed by atoms with Gasteiger partial charge in [0.05, 0.1) is 30.1 Å². The number of aryl methyl sites for hydroxylation is 1. The molecule has 8 heteroatoms. The Labute approximate surface area is 159 Å². The van der Waals surface area contributed by atoms with Gasteiger partial charge in [-0.1, -0.05) is 11.6 Å². The largest absolute Gasteiger partial charge is 0.497 e. The van der Waals surface area contributed by atoms with Gasteiger partial charge in [-0.15, -0.1) is 11.3 Å². The van der Waals surface area contributed by atoms with Crippen LogP contribution in [0.25, 0.3) is 10.2 Å². The number of anilines is 2. The molecule has 0 fully saturated rings. The van der Waals surface area contributed by atoms with E-state index in [1.165, 1.54) is 11.3 Å². The number of nitrogen functional groups attached to an aromatic ring is 1. The number of nitrogens with zero attached hydrogens (tertiary/aromatic N) is 1. The van der Waals surface area contributed by atoms with Crippen molar-refractivity contribution in [3.63, 3.8) is 0 Å². The van der Waals surface area contributed by atoms with Crippen molar-refractivity contribution < 1.29 is 14.3 Å². The zero-order valence-corrected chi connectivity index (χ0v) is 16.1. The summed E-state index contributed by atoms with van der Waals surface area (Å²) in [6, 6.07) is 6.94. The minimum absolute atomic E-state index is 0.346. The van der Waals surface area contributed by atoms with Gasteiger partial charge in [0.15, 0.2) is 0 Å². The van der Waals surface area contributed by atoms with Crippen LogP contribution in [0.1, 0.15) is 20.9 Å². The van der Waals surface area contributed by atoms with Crippen molar-refractivity contribution in [2.75, 3.05) is 25.3 Å². The Bertz CT molecular complexity index is 987. The lowest BCUT2D eigenvalue weighted by molar-refractivity contribution is 0.103. The first-order valence-electron chi connectivity index (χ1n) is 7.77. The Morgan fingerprint density at radius 3 is 2.81 bits per heavy atom. The second-order valence-corrected chi connectivity index (χ2v) is 7.09. The first kappa shape index (κ1) is 18.4. The third kappa shape index (κ3) is 3.46. The number of benzene rings is 1. The van der Waals surface area contributed by atoms with Gasteiger partial charge in [-0.2, -0.15) is 0 Å². The van der Waals surface area contributed by atoms with Crippen LogP contribution >= 0.6 is 22.9 Å². The van der Waals surface area contributed by atoms with Gasteiger partial charge in [-0.25, -0.2) is 4.98 Å². The number of amides is 1. The molecule has 0 saturated carbocycles. The van der Waals surface area contributed by atoms with E-state index in [-0.39, 0.29) is 5.91 Å². The number of halogens is 1.